The number of carbonyl (C=O) groups excluding carboxylic acids is 1. The van der Waals surface area contributed by atoms with Crippen molar-refractivity contribution < 1.29 is 4.79 Å². The maximum Gasteiger partial charge on any atom is 0.219 e. The van der Waals surface area contributed by atoms with Gasteiger partial charge in [-0.25, -0.2) is 0 Å². The largest absolute Gasteiger partial charge is 0.379 e. The Balaban J connectivity index is 1.46. The highest BCUT2D eigenvalue weighted by Gasteiger charge is 2.25. The number of piperidine rings is 1. The Bertz CT molecular complexity index is 1020. The van der Waals surface area contributed by atoms with Crippen molar-refractivity contribution in [2.24, 2.45) is 5.10 Å². The van der Waals surface area contributed by atoms with Crippen molar-refractivity contribution in [1.82, 2.24) is 14.3 Å². The van der Waals surface area contributed by atoms with E-state index in [9.17, 15) is 4.79 Å². The Morgan fingerprint density at radius 3 is 2.93 bits per heavy atom. The first-order chi connectivity index (χ1) is 14.2. The minimum Gasteiger partial charge on any atom is -0.379 e. The topological polar surface area (TPSA) is 82.5 Å². The number of hydrogen-bond acceptors (Lipinski definition) is 7. The summed E-state index contributed by atoms with van der Waals surface area (Å²) in [4.78, 5) is 17.9. The molecule has 1 saturated heterocycles. The van der Waals surface area contributed by atoms with Crippen LogP contribution >= 0.6 is 11.5 Å². The molecule has 1 aliphatic heterocycles. The number of pyridine rings is 1. The molecule has 29 heavy (non-hydrogen) atoms. The Morgan fingerprint density at radius 1 is 1.34 bits per heavy atom. The minimum absolute atomic E-state index is 0.164. The molecule has 4 rings (SSSR count). The molecule has 1 aromatic carbocycles. The smallest absolute Gasteiger partial charge is 0.219 e. The fraction of sp³-hybridized carbons (Fsp3) is 0.333. The molecule has 3 aromatic rings. The lowest BCUT2D eigenvalue weighted by Crippen LogP contribution is -2.36. The quantitative estimate of drug-likeness (QED) is 0.475. The highest BCUT2D eigenvalue weighted by atomic mass is 32.1. The predicted molar refractivity (Wildman–Crippen MR) is 119 cm³/mol. The van der Waals surface area contributed by atoms with Crippen molar-refractivity contribution in [3.63, 3.8) is 0 Å². The Morgan fingerprint density at radius 2 is 2.17 bits per heavy atom. The maximum atomic E-state index is 11.6. The lowest BCUT2D eigenvalue weighted by molar-refractivity contribution is -0.129. The van der Waals surface area contributed by atoms with E-state index >= 15 is 0 Å². The number of hydrogen-bond donors (Lipinski definition) is 2. The summed E-state index contributed by atoms with van der Waals surface area (Å²) < 4.78 is 5.93. The van der Waals surface area contributed by atoms with E-state index in [4.69, 9.17) is 4.37 Å². The van der Waals surface area contributed by atoms with Crippen LogP contribution in [-0.4, -0.2) is 40.0 Å². The molecule has 1 amide bonds. The molecule has 7 nitrogen and oxygen atoms in total. The van der Waals surface area contributed by atoms with Crippen molar-refractivity contribution in [1.29, 1.82) is 0 Å². The summed E-state index contributed by atoms with van der Waals surface area (Å²) in [6, 6.07) is 10.2. The van der Waals surface area contributed by atoms with E-state index in [0.717, 1.165) is 43.0 Å². The molecule has 0 atom stereocenters. The third-order valence-electron chi connectivity index (χ3n) is 5.38. The van der Waals surface area contributed by atoms with Gasteiger partial charge in [-0.15, -0.1) is 0 Å². The molecule has 1 aliphatic rings. The first-order valence-corrected chi connectivity index (χ1v) is 10.5. The van der Waals surface area contributed by atoms with Crippen molar-refractivity contribution in [3.05, 3.63) is 47.9 Å². The lowest BCUT2D eigenvalue weighted by Gasteiger charge is -2.30. The molecular weight excluding hydrogens is 384 g/mol. The van der Waals surface area contributed by atoms with Crippen LogP contribution in [0.2, 0.25) is 0 Å². The van der Waals surface area contributed by atoms with Gasteiger partial charge in [-0.3, -0.25) is 15.2 Å². The number of aromatic nitrogens is 2. The van der Waals surface area contributed by atoms with Gasteiger partial charge >= 0.3 is 0 Å². The highest BCUT2D eigenvalue weighted by molar-refractivity contribution is 7.13. The first kappa shape index (κ1) is 19.3. The third-order valence-corrected chi connectivity index (χ3v) is 6.20. The van der Waals surface area contributed by atoms with Gasteiger partial charge in [0.25, 0.3) is 0 Å². The molecule has 8 heteroatoms. The van der Waals surface area contributed by atoms with E-state index in [2.05, 4.69) is 45.7 Å². The van der Waals surface area contributed by atoms with Crippen LogP contribution in [0.5, 0.6) is 0 Å². The van der Waals surface area contributed by atoms with Crippen molar-refractivity contribution in [2.75, 3.05) is 23.8 Å². The normalized spacial score (nSPS) is 14.7. The zero-order valence-corrected chi connectivity index (χ0v) is 17.2. The van der Waals surface area contributed by atoms with Gasteiger partial charge in [0.05, 0.1) is 28.3 Å². The van der Waals surface area contributed by atoms with Crippen LogP contribution in [0.4, 0.5) is 11.4 Å². The molecule has 0 spiro atoms. The van der Waals surface area contributed by atoms with Crippen molar-refractivity contribution in [2.45, 2.75) is 32.2 Å². The third kappa shape index (κ3) is 4.22. The second-order valence-electron chi connectivity index (χ2n) is 7.18. The van der Waals surface area contributed by atoms with Crippen LogP contribution < -0.4 is 10.7 Å². The SMILES string of the molecule is C=NNc1cccnc1CNc1ccc2c(C3CCN(C(C)=O)CC3)nsc2c1. The van der Waals surface area contributed by atoms with E-state index < -0.39 is 0 Å². The summed E-state index contributed by atoms with van der Waals surface area (Å²) >= 11 is 1.54. The standard InChI is InChI=1S/C21H24N6OS/c1-14(28)27-10-7-15(8-11-27)21-17-6-5-16(12-20(17)29-26-21)24-13-19-18(25-22-2)4-3-9-23-19/h3-6,9,12,15,24-25H,2,7-8,10-11,13H2,1H3. The molecule has 0 saturated carbocycles. The van der Waals surface area contributed by atoms with Gasteiger partial charge in [-0.05, 0) is 54.7 Å². The second kappa shape index (κ2) is 8.57. The predicted octanol–water partition coefficient (Wildman–Crippen LogP) is 4.06. The minimum atomic E-state index is 0.164. The van der Waals surface area contributed by atoms with Gasteiger partial charge in [-0.1, -0.05) is 0 Å². The van der Waals surface area contributed by atoms with Gasteiger partial charge in [0.1, 0.15) is 0 Å². The van der Waals surface area contributed by atoms with Crippen LogP contribution in [0.1, 0.15) is 37.1 Å². The summed E-state index contributed by atoms with van der Waals surface area (Å²) in [5.74, 6) is 0.587. The Labute approximate surface area is 174 Å². The average molecular weight is 409 g/mol. The number of fused-ring (bicyclic) bond motifs is 1. The van der Waals surface area contributed by atoms with Gasteiger partial charge in [-0.2, -0.15) is 9.47 Å². The van der Waals surface area contributed by atoms with Gasteiger partial charge in [0, 0.05) is 49.9 Å². The molecule has 150 valence electrons. The number of nitrogens with one attached hydrogen (secondary N) is 2. The number of carbonyl (C=O) groups is 1. The van der Waals surface area contributed by atoms with Crippen LogP contribution in [0.15, 0.2) is 41.6 Å². The molecule has 3 heterocycles. The summed E-state index contributed by atoms with van der Waals surface area (Å²) in [7, 11) is 0. The molecule has 0 bridgehead atoms. The number of nitrogens with zero attached hydrogens (tertiary/aromatic N) is 4. The van der Waals surface area contributed by atoms with E-state index in [1.54, 1.807) is 24.7 Å². The summed E-state index contributed by atoms with van der Waals surface area (Å²) in [5, 5.41) is 8.38. The zero-order valence-electron chi connectivity index (χ0n) is 16.4. The molecular formula is C21H24N6OS. The monoisotopic (exact) mass is 408 g/mol. The molecule has 1 fully saturated rings. The van der Waals surface area contributed by atoms with E-state index in [-0.39, 0.29) is 5.91 Å². The fourth-order valence-corrected chi connectivity index (χ4v) is 4.68. The number of benzene rings is 1. The molecule has 0 unspecified atom stereocenters. The Hall–Kier alpha value is -3.00. The van der Waals surface area contributed by atoms with E-state index in [1.807, 2.05) is 17.0 Å². The molecule has 2 aromatic heterocycles. The molecule has 0 aliphatic carbocycles. The van der Waals surface area contributed by atoms with Crippen molar-refractivity contribution in [3.8, 4) is 0 Å². The van der Waals surface area contributed by atoms with Crippen LogP contribution in [0.25, 0.3) is 10.1 Å². The number of anilines is 2. The lowest BCUT2D eigenvalue weighted by atomic mass is 9.91. The van der Waals surface area contributed by atoms with Crippen molar-refractivity contribution >= 4 is 45.6 Å². The van der Waals surface area contributed by atoms with Crippen LogP contribution in [-0.2, 0) is 11.3 Å². The number of rotatable bonds is 6. The number of hydrazone groups is 1. The second-order valence-corrected chi connectivity index (χ2v) is 7.99. The Kier molecular flexibility index (Phi) is 5.71. The molecule has 0 radical (unpaired) electrons. The van der Waals surface area contributed by atoms with Gasteiger partial charge in [0.2, 0.25) is 5.91 Å². The number of amides is 1. The van der Waals surface area contributed by atoms with Gasteiger partial charge < -0.3 is 10.2 Å². The van der Waals surface area contributed by atoms with Crippen LogP contribution in [0.3, 0.4) is 0 Å². The average Bonchev–Trinajstić information content (AvgIpc) is 3.16. The van der Waals surface area contributed by atoms with E-state index in [1.165, 1.54) is 15.8 Å². The van der Waals surface area contributed by atoms with Gasteiger partial charge in [0.15, 0.2) is 0 Å². The number of likely N-dealkylation sites (tertiary alicyclic amines) is 1. The first-order valence-electron chi connectivity index (χ1n) is 9.70. The zero-order chi connectivity index (χ0) is 20.2. The summed E-state index contributed by atoms with van der Waals surface area (Å²) in [5.41, 5.74) is 6.79. The highest BCUT2D eigenvalue weighted by Crippen LogP contribution is 2.35. The molecule has 2 N–H and O–H groups in total. The maximum absolute atomic E-state index is 11.6. The van der Waals surface area contributed by atoms with E-state index in [0.29, 0.717) is 12.5 Å². The van der Waals surface area contributed by atoms with Crippen LogP contribution in [0, 0.1) is 0 Å². The fourth-order valence-electron chi connectivity index (χ4n) is 3.78. The summed E-state index contributed by atoms with van der Waals surface area (Å²) in [6.07, 6.45) is 3.72. The summed E-state index contributed by atoms with van der Waals surface area (Å²) in [6.45, 7) is 7.33.